The molecule has 3 aromatic rings. The molecule has 0 atom stereocenters. The van der Waals surface area contributed by atoms with Crippen molar-refractivity contribution in [2.75, 3.05) is 6.54 Å². The number of hydrogen-bond donors (Lipinski definition) is 1. The molecule has 0 aliphatic rings. The fraction of sp³-hybridized carbons (Fsp3) is 0.176. The molecule has 21 heavy (non-hydrogen) atoms. The first kappa shape index (κ1) is 13.5. The van der Waals surface area contributed by atoms with Crippen molar-refractivity contribution in [1.82, 2.24) is 20.1 Å². The monoisotopic (exact) mass is 278 g/mol. The van der Waals surface area contributed by atoms with Gasteiger partial charge in [-0.05, 0) is 24.6 Å². The van der Waals surface area contributed by atoms with Gasteiger partial charge in [-0.3, -0.25) is 4.98 Å². The van der Waals surface area contributed by atoms with E-state index < -0.39 is 0 Å². The van der Waals surface area contributed by atoms with Crippen LogP contribution in [0.2, 0.25) is 0 Å². The minimum Gasteiger partial charge on any atom is -0.312 e. The third kappa shape index (κ3) is 3.17. The highest BCUT2D eigenvalue weighted by molar-refractivity contribution is 5.81. The standard InChI is InChI=1S/C17H18N4/c1-2-21-13-14(12-20-21)11-18-10-8-16-6-3-5-15-7-4-9-19-17(15)16/h2-7,9,12-13,18H,1,8,10-11H2. The van der Waals surface area contributed by atoms with E-state index in [1.54, 1.807) is 10.9 Å². The van der Waals surface area contributed by atoms with Gasteiger partial charge in [-0.15, -0.1) is 0 Å². The van der Waals surface area contributed by atoms with E-state index in [1.807, 2.05) is 24.7 Å². The van der Waals surface area contributed by atoms with E-state index in [1.165, 1.54) is 10.9 Å². The van der Waals surface area contributed by atoms with Crippen molar-refractivity contribution in [2.24, 2.45) is 0 Å². The second-order valence-corrected chi connectivity index (χ2v) is 4.93. The van der Waals surface area contributed by atoms with Crippen LogP contribution in [0.5, 0.6) is 0 Å². The van der Waals surface area contributed by atoms with E-state index >= 15 is 0 Å². The maximum atomic E-state index is 4.48. The molecule has 4 heteroatoms. The number of nitrogens with zero attached hydrogens (tertiary/aromatic N) is 3. The number of fused-ring (bicyclic) bond motifs is 1. The quantitative estimate of drug-likeness (QED) is 0.705. The van der Waals surface area contributed by atoms with Gasteiger partial charge in [0.2, 0.25) is 0 Å². The topological polar surface area (TPSA) is 42.7 Å². The molecule has 0 bridgehead atoms. The van der Waals surface area contributed by atoms with Crippen LogP contribution in [0.1, 0.15) is 11.1 Å². The summed E-state index contributed by atoms with van der Waals surface area (Å²) < 4.78 is 1.71. The normalized spacial score (nSPS) is 10.9. The van der Waals surface area contributed by atoms with Gasteiger partial charge in [-0.2, -0.15) is 5.10 Å². The Kier molecular flexibility index (Phi) is 4.07. The van der Waals surface area contributed by atoms with Gasteiger partial charge in [0.25, 0.3) is 0 Å². The van der Waals surface area contributed by atoms with Gasteiger partial charge in [0.15, 0.2) is 0 Å². The fourth-order valence-electron chi connectivity index (χ4n) is 2.39. The summed E-state index contributed by atoms with van der Waals surface area (Å²) >= 11 is 0. The highest BCUT2D eigenvalue weighted by atomic mass is 15.2. The zero-order chi connectivity index (χ0) is 14.5. The molecule has 0 amide bonds. The van der Waals surface area contributed by atoms with Gasteiger partial charge in [0, 0.05) is 36.1 Å². The second-order valence-electron chi connectivity index (χ2n) is 4.93. The average Bonchev–Trinajstić information content (AvgIpc) is 3.00. The van der Waals surface area contributed by atoms with Crippen LogP contribution in [0.4, 0.5) is 0 Å². The lowest BCUT2D eigenvalue weighted by Gasteiger charge is -2.06. The third-order valence-corrected chi connectivity index (χ3v) is 3.46. The maximum absolute atomic E-state index is 4.48. The Hall–Kier alpha value is -2.46. The smallest absolute Gasteiger partial charge is 0.0734 e. The Morgan fingerprint density at radius 3 is 3.00 bits per heavy atom. The summed E-state index contributed by atoms with van der Waals surface area (Å²) in [4.78, 5) is 4.48. The molecular weight excluding hydrogens is 260 g/mol. The van der Waals surface area contributed by atoms with E-state index in [0.29, 0.717) is 0 Å². The van der Waals surface area contributed by atoms with Gasteiger partial charge >= 0.3 is 0 Å². The number of para-hydroxylation sites is 1. The zero-order valence-corrected chi connectivity index (χ0v) is 11.9. The van der Waals surface area contributed by atoms with Crippen LogP contribution < -0.4 is 5.32 Å². The molecular formula is C17H18N4. The molecule has 0 aliphatic carbocycles. The molecule has 3 rings (SSSR count). The van der Waals surface area contributed by atoms with Gasteiger partial charge in [0.1, 0.15) is 0 Å². The molecule has 1 aromatic carbocycles. The molecule has 0 aliphatic heterocycles. The largest absolute Gasteiger partial charge is 0.312 e. The van der Waals surface area contributed by atoms with E-state index in [0.717, 1.165) is 30.6 Å². The number of hydrogen-bond acceptors (Lipinski definition) is 3. The average molecular weight is 278 g/mol. The van der Waals surface area contributed by atoms with Crippen molar-refractivity contribution in [3.05, 3.63) is 66.6 Å². The molecule has 2 heterocycles. The summed E-state index contributed by atoms with van der Waals surface area (Å²) in [6.07, 6.45) is 8.33. The van der Waals surface area contributed by atoms with Crippen LogP contribution in [0.3, 0.4) is 0 Å². The van der Waals surface area contributed by atoms with Crippen molar-refractivity contribution in [2.45, 2.75) is 13.0 Å². The Morgan fingerprint density at radius 1 is 1.24 bits per heavy atom. The molecule has 106 valence electrons. The van der Waals surface area contributed by atoms with Crippen molar-refractivity contribution in [1.29, 1.82) is 0 Å². The van der Waals surface area contributed by atoms with Crippen LogP contribution in [0.15, 0.2) is 55.5 Å². The van der Waals surface area contributed by atoms with Crippen LogP contribution in [-0.4, -0.2) is 21.3 Å². The van der Waals surface area contributed by atoms with Crippen molar-refractivity contribution >= 4 is 17.1 Å². The Balaban J connectivity index is 1.58. The summed E-state index contributed by atoms with van der Waals surface area (Å²) in [5.41, 5.74) is 3.54. The van der Waals surface area contributed by atoms with Crippen LogP contribution in [0, 0.1) is 0 Å². The van der Waals surface area contributed by atoms with Crippen LogP contribution >= 0.6 is 0 Å². The summed E-state index contributed by atoms with van der Waals surface area (Å²) in [6.45, 7) is 5.41. The first-order valence-corrected chi connectivity index (χ1v) is 7.06. The van der Waals surface area contributed by atoms with Gasteiger partial charge < -0.3 is 5.32 Å². The van der Waals surface area contributed by atoms with Gasteiger partial charge in [0.05, 0.1) is 11.7 Å². The molecule has 0 spiro atoms. The van der Waals surface area contributed by atoms with Crippen molar-refractivity contribution in [3.8, 4) is 0 Å². The minimum absolute atomic E-state index is 0.812. The van der Waals surface area contributed by atoms with E-state index in [9.17, 15) is 0 Å². The van der Waals surface area contributed by atoms with Crippen LogP contribution in [0.25, 0.3) is 17.1 Å². The van der Waals surface area contributed by atoms with Crippen molar-refractivity contribution < 1.29 is 0 Å². The molecule has 0 unspecified atom stereocenters. The molecule has 0 saturated heterocycles. The SMILES string of the molecule is C=Cn1cc(CNCCc2cccc3cccnc23)cn1. The van der Waals surface area contributed by atoms with E-state index in [4.69, 9.17) is 0 Å². The number of pyridine rings is 1. The molecule has 2 aromatic heterocycles. The predicted octanol–water partition coefficient (Wildman–Crippen LogP) is 2.86. The second kappa shape index (κ2) is 6.33. The fourth-order valence-corrected chi connectivity index (χ4v) is 2.39. The van der Waals surface area contributed by atoms with E-state index in [-0.39, 0.29) is 0 Å². The molecule has 0 fully saturated rings. The summed E-state index contributed by atoms with van der Waals surface area (Å²) in [7, 11) is 0. The lowest BCUT2D eigenvalue weighted by Crippen LogP contribution is -2.16. The summed E-state index contributed by atoms with van der Waals surface area (Å²) in [6, 6.07) is 10.4. The highest BCUT2D eigenvalue weighted by Gasteiger charge is 2.02. The zero-order valence-electron chi connectivity index (χ0n) is 11.9. The third-order valence-electron chi connectivity index (χ3n) is 3.46. The maximum Gasteiger partial charge on any atom is 0.0734 e. The lowest BCUT2D eigenvalue weighted by molar-refractivity contribution is 0.688. The molecule has 0 saturated carbocycles. The molecule has 4 nitrogen and oxygen atoms in total. The van der Waals surface area contributed by atoms with E-state index in [2.05, 4.69) is 46.2 Å². The molecule has 0 radical (unpaired) electrons. The minimum atomic E-state index is 0.812. The predicted molar refractivity (Wildman–Crippen MR) is 85.8 cm³/mol. The Labute approximate surface area is 124 Å². The number of nitrogens with one attached hydrogen (secondary N) is 1. The summed E-state index contributed by atoms with van der Waals surface area (Å²) in [5, 5.41) is 8.79. The van der Waals surface area contributed by atoms with Crippen molar-refractivity contribution in [3.63, 3.8) is 0 Å². The summed E-state index contributed by atoms with van der Waals surface area (Å²) in [5.74, 6) is 0. The first-order valence-electron chi connectivity index (χ1n) is 7.06. The van der Waals surface area contributed by atoms with Gasteiger partial charge in [-0.25, -0.2) is 4.68 Å². The molecule has 1 N–H and O–H groups in total. The first-order chi connectivity index (χ1) is 10.4. The Bertz CT molecular complexity index is 740. The number of benzene rings is 1. The number of aromatic nitrogens is 3. The highest BCUT2D eigenvalue weighted by Crippen LogP contribution is 2.15. The van der Waals surface area contributed by atoms with Crippen LogP contribution in [-0.2, 0) is 13.0 Å². The number of rotatable bonds is 6. The lowest BCUT2D eigenvalue weighted by atomic mass is 10.1. The Morgan fingerprint density at radius 2 is 2.14 bits per heavy atom. The van der Waals surface area contributed by atoms with Gasteiger partial charge in [-0.1, -0.05) is 30.8 Å².